The van der Waals surface area contributed by atoms with Crippen LogP contribution in [0.25, 0.3) is 0 Å². The van der Waals surface area contributed by atoms with Gasteiger partial charge in [-0.2, -0.15) is 13.2 Å². The van der Waals surface area contributed by atoms with Gasteiger partial charge in [0.2, 0.25) is 0 Å². The van der Waals surface area contributed by atoms with E-state index in [-0.39, 0.29) is 48.2 Å². The summed E-state index contributed by atoms with van der Waals surface area (Å²) in [6.07, 6.45) is -0.694. The first-order chi connectivity index (χ1) is 24.9. The molecule has 0 bridgehead atoms. The second kappa shape index (κ2) is 16.5. The Morgan fingerprint density at radius 1 is 0.962 bits per heavy atom. The highest BCUT2D eigenvalue weighted by atomic mass is 35.5. The van der Waals surface area contributed by atoms with E-state index in [0.717, 1.165) is 56.0 Å². The number of carbonyl (C=O) groups excluding carboxylic acids is 3. The van der Waals surface area contributed by atoms with Crippen molar-refractivity contribution in [1.29, 1.82) is 0 Å². The lowest BCUT2D eigenvalue weighted by Gasteiger charge is -2.44. The van der Waals surface area contributed by atoms with Gasteiger partial charge in [-0.25, -0.2) is 9.59 Å². The van der Waals surface area contributed by atoms with Crippen LogP contribution < -0.4 is 11.1 Å². The highest BCUT2D eigenvalue weighted by Crippen LogP contribution is 2.38. The third-order valence-corrected chi connectivity index (χ3v) is 11.3. The minimum absolute atomic E-state index is 0.0789. The van der Waals surface area contributed by atoms with Gasteiger partial charge in [-0.3, -0.25) is 9.69 Å². The number of nitrogens with one attached hydrogen (secondary N) is 1. The summed E-state index contributed by atoms with van der Waals surface area (Å²) in [5, 5.41) is 2.70. The molecule has 52 heavy (non-hydrogen) atoms. The average Bonchev–Trinajstić information content (AvgIpc) is 3.30. The molecule has 4 aliphatic heterocycles. The van der Waals surface area contributed by atoms with E-state index in [1.807, 2.05) is 29.2 Å². The van der Waals surface area contributed by atoms with E-state index in [1.165, 1.54) is 11.0 Å². The molecule has 2 atom stereocenters. The van der Waals surface area contributed by atoms with Crippen molar-refractivity contribution in [2.24, 2.45) is 0 Å². The number of nitrogens with zero attached hydrogens (tertiary/aromatic N) is 4. The number of halogens is 4. The summed E-state index contributed by atoms with van der Waals surface area (Å²) in [6.45, 7) is 3.60. The van der Waals surface area contributed by atoms with Gasteiger partial charge in [-0.15, -0.1) is 0 Å². The Kier molecular flexibility index (Phi) is 12.1. The van der Waals surface area contributed by atoms with Crippen LogP contribution in [0.2, 0.25) is 5.02 Å². The van der Waals surface area contributed by atoms with Crippen molar-refractivity contribution in [2.75, 3.05) is 64.0 Å². The number of nitrogen functional groups attached to an aromatic ring is 1. The first kappa shape index (κ1) is 38.0. The third kappa shape index (κ3) is 8.71. The number of hydrogen-bond donors (Lipinski definition) is 2. The molecule has 0 saturated carbocycles. The van der Waals surface area contributed by atoms with Crippen LogP contribution >= 0.6 is 11.6 Å². The number of amides is 4. The molecule has 11 nitrogen and oxygen atoms in total. The molecule has 284 valence electrons. The molecule has 0 spiro atoms. The zero-order valence-electron chi connectivity index (χ0n) is 29.5. The minimum Gasteiger partial charge on any atom is -0.436 e. The number of fused-ring (bicyclic) bond motifs is 1. The molecule has 3 fully saturated rings. The SMILES string of the molecule is COC[C@@H]1CCCCN1C1CCN(C(=O)[C@@H](Cc2cc(Cl)c(N)c(C(F)(F)F)c2)OC(=O)N2CCC(N3CCc4ccccc4NC3=O)CC2)CC1. The molecule has 0 aromatic heterocycles. The summed E-state index contributed by atoms with van der Waals surface area (Å²) in [7, 11) is 1.71. The molecule has 4 heterocycles. The molecule has 0 unspecified atom stereocenters. The summed E-state index contributed by atoms with van der Waals surface area (Å²) in [4.78, 5) is 48.3. The third-order valence-electron chi connectivity index (χ3n) is 11.0. The summed E-state index contributed by atoms with van der Waals surface area (Å²) in [5.74, 6) is -0.462. The number of likely N-dealkylation sites (tertiary alicyclic amines) is 3. The van der Waals surface area contributed by atoms with Crippen LogP contribution in [-0.2, 0) is 33.3 Å². The smallest absolute Gasteiger partial charge is 0.418 e. The van der Waals surface area contributed by atoms with Crippen LogP contribution in [0.1, 0.15) is 61.6 Å². The molecule has 4 amide bonds. The molecule has 2 aromatic carbocycles. The number of methoxy groups -OCH3 is 1. The number of hydrogen-bond acceptors (Lipinski definition) is 7. The fourth-order valence-corrected chi connectivity index (χ4v) is 8.45. The second-order valence-corrected chi connectivity index (χ2v) is 14.7. The van der Waals surface area contributed by atoms with E-state index < -0.39 is 35.5 Å². The highest BCUT2D eigenvalue weighted by molar-refractivity contribution is 6.33. The van der Waals surface area contributed by atoms with E-state index in [0.29, 0.717) is 51.5 Å². The number of ether oxygens (including phenoxy) is 2. The molecule has 15 heteroatoms. The Morgan fingerprint density at radius 3 is 2.37 bits per heavy atom. The van der Waals surface area contributed by atoms with Gasteiger partial charge in [0, 0.05) is 70.1 Å². The molecule has 3 N–H and O–H groups in total. The summed E-state index contributed by atoms with van der Waals surface area (Å²) < 4.78 is 52.9. The largest absolute Gasteiger partial charge is 0.436 e. The van der Waals surface area contributed by atoms with Crippen LogP contribution in [0.5, 0.6) is 0 Å². The van der Waals surface area contributed by atoms with E-state index in [2.05, 4.69) is 10.2 Å². The van der Waals surface area contributed by atoms with Crippen molar-refractivity contribution in [3.8, 4) is 0 Å². The van der Waals surface area contributed by atoms with Gasteiger partial charge in [0.1, 0.15) is 0 Å². The van der Waals surface area contributed by atoms with Gasteiger partial charge in [0.15, 0.2) is 6.10 Å². The van der Waals surface area contributed by atoms with Crippen LogP contribution in [0.3, 0.4) is 0 Å². The molecular formula is C37H48ClF3N6O5. The van der Waals surface area contributed by atoms with Gasteiger partial charge in [-0.1, -0.05) is 36.2 Å². The first-order valence-electron chi connectivity index (χ1n) is 18.2. The molecular weight excluding hydrogens is 701 g/mol. The van der Waals surface area contributed by atoms with Crippen molar-refractivity contribution in [2.45, 2.75) is 88.2 Å². The summed E-state index contributed by atoms with van der Waals surface area (Å²) in [5.41, 5.74) is 5.89. The standard InChI is InChI=1S/C37H48ClF3N6O5/c1-51-23-28-7-4-5-14-46(28)26-10-15-44(16-11-26)34(48)32(22-24-20-29(37(39,40)41)33(42)30(38)21-24)52-36(50)45-17-12-27(13-18-45)47-19-9-25-6-2-3-8-31(25)43-35(47)49/h2-3,6,8,20-21,26-28,32H,4-5,7,9-19,22-23,42H2,1H3,(H,43,49)/t28-,32+/m0/s1. The van der Waals surface area contributed by atoms with Gasteiger partial charge in [0.25, 0.3) is 5.91 Å². The highest BCUT2D eigenvalue weighted by Gasteiger charge is 2.39. The van der Waals surface area contributed by atoms with Crippen molar-refractivity contribution in [3.05, 3.63) is 58.1 Å². The topological polar surface area (TPSA) is 121 Å². The Balaban J connectivity index is 1.13. The molecule has 0 aliphatic carbocycles. The van der Waals surface area contributed by atoms with Gasteiger partial charge in [0.05, 0.1) is 22.9 Å². The maximum atomic E-state index is 14.1. The fourth-order valence-electron chi connectivity index (χ4n) is 8.21. The Labute approximate surface area is 307 Å². The predicted octanol–water partition coefficient (Wildman–Crippen LogP) is 6.04. The van der Waals surface area contributed by atoms with Gasteiger partial charge < -0.3 is 35.2 Å². The molecule has 3 saturated heterocycles. The molecule has 4 aliphatic rings. The monoisotopic (exact) mass is 748 g/mol. The Bertz CT molecular complexity index is 1600. The zero-order valence-corrected chi connectivity index (χ0v) is 30.3. The van der Waals surface area contributed by atoms with Crippen LogP contribution in [0, 0.1) is 0 Å². The molecule has 0 radical (unpaired) electrons. The quantitative estimate of drug-likeness (QED) is 0.316. The number of benzene rings is 2. The zero-order chi connectivity index (χ0) is 37.0. The van der Waals surface area contributed by atoms with Crippen molar-refractivity contribution < 1.29 is 37.0 Å². The average molecular weight is 749 g/mol. The lowest BCUT2D eigenvalue weighted by Crippen LogP contribution is -2.55. The minimum atomic E-state index is -4.77. The number of urea groups is 1. The number of para-hydroxylation sites is 1. The number of piperidine rings is 3. The molecule has 6 rings (SSSR count). The van der Waals surface area contributed by atoms with Crippen molar-refractivity contribution in [3.63, 3.8) is 0 Å². The van der Waals surface area contributed by atoms with Crippen LogP contribution in [-0.4, -0.2) is 115 Å². The van der Waals surface area contributed by atoms with Gasteiger partial charge in [-0.05, 0) is 80.8 Å². The lowest BCUT2D eigenvalue weighted by atomic mass is 9.95. The normalized spacial score (nSPS) is 21.7. The number of nitrogens with two attached hydrogens (primary N) is 1. The van der Waals surface area contributed by atoms with E-state index in [9.17, 15) is 27.6 Å². The van der Waals surface area contributed by atoms with Crippen LogP contribution in [0.15, 0.2) is 36.4 Å². The Morgan fingerprint density at radius 2 is 1.65 bits per heavy atom. The summed E-state index contributed by atoms with van der Waals surface area (Å²) in [6, 6.07) is 10.2. The predicted molar refractivity (Wildman–Crippen MR) is 191 cm³/mol. The van der Waals surface area contributed by atoms with Crippen molar-refractivity contribution in [1.82, 2.24) is 19.6 Å². The number of carbonyl (C=O) groups is 3. The maximum Gasteiger partial charge on any atom is 0.418 e. The summed E-state index contributed by atoms with van der Waals surface area (Å²) >= 11 is 6.13. The first-order valence-corrected chi connectivity index (χ1v) is 18.6. The van der Waals surface area contributed by atoms with E-state index >= 15 is 0 Å². The van der Waals surface area contributed by atoms with E-state index in [1.54, 1.807) is 12.0 Å². The maximum absolute atomic E-state index is 14.1. The van der Waals surface area contributed by atoms with Crippen molar-refractivity contribution >= 4 is 41.0 Å². The number of anilines is 2. The molecule has 2 aromatic rings. The second-order valence-electron chi connectivity index (χ2n) is 14.3. The fraction of sp³-hybridized carbons (Fsp3) is 0.595. The lowest BCUT2D eigenvalue weighted by molar-refractivity contribution is -0.143. The van der Waals surface area contributed by atoms with Gasteiger partial charge >= 0.3 is 18.3 Å². The van der Waals surface area contributed by atoms with Crippen LogP contribution in [0.4, 0.5) is 34.1 Å². The van der Waals surface area contributed by atoms with E-state index in [4.69, 9.17) is 26.8 Å². The Hall–Kier alpha value is -3.75. The number of rotatable bonds is 8. The number of alkyl halides is 3.